The van der Waals surface area contributed by atoms with Crippen molar-refractivity contribution in [1.29, 1.82) is 0 Å². The number of nitrogen functional groups attached to an aromatic ring is 1. The predicted molar refractivity (Wildman–Crippen MR) is 78.1 cm³/mol. The van der Waals surface area contributed by atoms with Gasteiger partial charge in [0.25, 0.3) is 0 Å². The van der Waals surface area contributed by atoms with Crippen LogP contribution in [-0.2, 0) is 6.61 Å². The maximum absolute atomic E-state index is 13.1. The molecule has 0 unspecified atom stereocenters. The third-order valence-corrected chi connectivity index (χ3v) is 2.81. The molecule has 0 saturated heterocycles. The molecule has 2 aromatic rings. The van der Waals surface area contributed by atoms with Crippen molar-refractivity contribution >= 4 is 12.0 Å². The van der Waals surface area contributed by atoms with E-state index in [1.54, 1.807) is 18.2 Å². The van der Waals surface area contributed by atoms with Crippen LogP contribution < -0.4 is 15.2 Å². The first-order valence-electron chi connectivity index (χ1n) is 6.52. The third kappa shape index (κ3) is 3.72. The first kappa shape index (κ1) is 14.8. The standard InChI is InChI=1S/C16H16FNO3/c1-2-20-15-8-12(9-19)7-14(18)16(15)21-10-11-4-3-5-13(17)6-11/h3-9H,2,10,18H2,1H3. The van der Waals surface area contributed by atoms with Crippen LogP contribution in [0.3, 0.4) is 0 Å². The highest BCUT2D eigenvalue weighted by Crippen LogP contribution is 2.35. The van der Waals surface area contributed by atoms with Gasteiger partial charge in [-0.05, 0) is 36.8 Å². The van der Waals surface area contributed by atoms with E-state index in [1.165, 1.54) is 18.2 Å². The van der Waals surface area contributed by atoms with Crippen molar-refractivity contribution in [2.24, 2.45) is 0 Å². The van der Waals surface area contributed by atoms with Crippen molar-refractivity contribution in [3.63, 3.8) is 0 Å². The fourth-order valence-electron chi connectivity index (χ4n) is 1.91. The largest absolute Gasteiger partial charge is 0.490 e. The molecule has 0 atom stereocenters. The van der Waals surface area contributed by atoms with Gasteiger partial charge in [0, 0.05) is 5.56 Å². The molecule has 4 nitrogen and oxygen atoms in total. The SMILES string of the molecule is CCOc1cc(C=O)cc(N)c1OCc1cccc(F)c1. The molecular weight excluding hydrogens is 273 g/mol. The van der Waals surface area contributed by atoms with E-state index in [1.807, 2.05) is 6.92 Å². The second-order valence-corrected chi connectivity index (χ2v) is 4.41. The third-order valence-electron chi connectivity index (χ3n) is 2.81. The summed E-state index contributed by atoms with van der Waals surface area (Å²) in [5, 5.41) is 0. The van der Waals surface area contributed by atoms with Gasteiger partial charge in [-0.3, -0.25) is 4.79 Å². The highest BCUT2D eigenvalue weighted by Gasteiger charge is 2.12. The lowest BCUT2D eigenvalue weighted by Gasteiger charge is -2.14. The van der Waals surface area contributed by atoms with Gasteiger partial charge in [-0.1, -0.05) is 12.1 Å². The molecule has 0 amide bonds. The molecule has 0 radical (unpaired) electrons. The fraction of sp³-hybridized carbons (Fsp3) is 0.188. The smallest absolute Gasteiger partial charge is 0.184 e. The summed E-state index contributed by atoms with van der Waals surface area (Å²) >= 11 is 0. The van der Waals surface area contributed by atoms with Crippen molar-refractivity contribution in [3.05, 3.63) is 53.3 Å². The van der Waals surface area contributed by atoms with Gasteiger partial charge in [-0.15, -0.1) is 0 Å². The molecule has 0 fully saturated rings. The van der Waals surface area contributed by atoms with Crippen LogP contribution in [0.1, 0.15) is 22.8 Å². The molecule has 0 aromatic heterocycles. The van der Waals surface area contributed by atoms with E-state index < -0.39 is 0 Å². The summed E-state index contributed by atoms with van der Waals surface area (Å²) in [4.78, 5) is 10.8. The van der Waals surface area contributed by atoms with Gasteiger partial charge < -0.3 is 15.2 Å². The number of nitrogens with two attached hydrogens (primary N) is 1. The summed E-state index contributed by atoms with van der Waals surface area (Å²) in [6.07, 6.45) is 0.690. The van der Waals surface area contributed by atoms with E-state index in [0.29, 0.717) is 41.2 Å². The highest BCUT2D eigenvalue weighted by atomic mass is 19.1. The molecule has 5 heteroatoms. The molecule has 2 aromatic carbocycles. The Morgan fingerprint density at radius 2 is 2.05 bits per heavy atom. The van der Waals surface area contributed by atoms with E-state index >= 15 is 0 Å². The number of carbonyl (C=O) groups is 1. The van der Waals surface area contributed by atoms with E-state index in [0.717, 1.165) is 0 Å². The summed E-state index contributed by atoms with van der Waals surface area (Å²) in [5.74, 6) is 0.424. The summed E-state index contributed by atoms with van der Waals surface area (Å²) in [7, 11) is 0. The first-order chi connectivity index (χ1) is 10.1. The Labute approximate surface area is 122 Å². The van der Waals surface area contributed by atoms with Crippen LogP contribution in [0.15, 0.2) is 36.4 Å². The Balaban J connectivity index is 2.24. The minimum atomic E-state index is -0.328. The average Bonchev–Trinajstić information content (AvgIpc) is 2.46. The topological polar surface area (TPSA) is 61.5 Å². The normalized spacial score (nSPS) is 10.2. The van der Waals surface area contributed by atoms with E-state index in [4.69, 9.17) is 15.2 Å². The van der Waals surface area contributed by atoms with E-state index in [-0.39, 0.29) is 12.4 Å². The predicted octanol–water partition coefficient (Wildman–Crippen LogP) is 3.20. The Hall–Kier alpha value is -2.56. The van der Waals surface area contributed by atoms with Crippen molar-refractivity contribution in [2.75, 3.05) is 12.3 Å². The Kier molecular flexibility index (Phi) is 4.77. The zero-order valence-electron chi connectivity index (χ0n) is 11.6. The molecular formula is C16H16FNO3. The molecule has 0 aliphatic rings. The lowest BCUT2D eigenvalue weighted by molar-refractivity contribution is 0.112. The van der Waals surface area contributed by atoms with Crippen LogP contribution in [0.5, 0.6) is 11.5 Å². The summed E-state index contributed by atoms with van der Waals surface area (Å²) < 4.78 is 24.2. The molecule has 21 heavy (non-hydrogen) atoms. The van der Waals surface area contributed by atoms with Crippen LogP contribution in [0.4, 0.5) is 10.1 Å². The number of rotatable bonds is 6. The van der Waals surface area contributed by atoms with Crippen molar-refractivity contribution < 1.29 is 18.7 Å². The van der Waals surface area contributed by atoms with Gasteiger partial charge >= 0.3 is 0 Å². The summed E-state index contributed by atoms with van der Waals surface area (Å²) in [5.41, 5.74) is 7.28. The first-order valence-corrected chi connectivity index (χ1v) is 6.52. The van der Waals surface area contributed by atoms with E-state index in [2.05, 4.69) is 0 Å². The second kappa shape index (κ2) is 6.74. The van der Waals surface area contributed by atoms with Crippen LogP contribution in [0.2, 0.25) is 0 Å². The molecule has 0 bridgehead atoms. The molecule has 0 spiro atoms. The minimum Gasteiger partial charge on any atom is -0.490 e. The zero-order chi connectivity index (χ0) is 15.2. The molecule has 110 valence electrons. The molecule has 2 rings (SSSR count). The number of hydrogen-bond acceptors (Lipinski definition) is 4. The number of aldehydes is 1. The van der Waals surface area contributed by atoms with Gasteiger partial charge in [-0.2, -0.15) is 0 Å². The Bertz CT molecular complexity index is 643. The van der Waals surface area contributed by atoms with Crippen LogP contribution in [0, 0.1) is 5.82 Å². The van der Waals surface area contributed by atoms with Crippen molar-refractivity contribution in [1.82, 2.24) is 0 Å². The average molecular weight is 289 g/mol. The molecule has 0 aliphatic heterocycles. The van der Waals surface area contributed by atoms with Gasteiger partial charge in [0.05, 0.1) is 12.3 Å². The lowest BCUT2D eigenvalue weighted by atomic mass is 10.2. The summed E-state index contributed by atoms with van der Waals surface area (Å²) in [6.45, 7) is 2.39. The molecule has 2 N–H and O–H groups in total. The van der Waals surface area contributed by atoms with E-state index in [9.17, 15) is 9.18 Å². The molecule has 0 heterocycles. The van der Waals surface area contributed by atoms with Gasteiger partial charge in [0.15, 0.2) is 11.5 Å². The van der Waals surface area contributed by atoms with Crippen LogP contribution >= 0.6 is 0 Å². The number of anilines is 1. The van der Waals surface area contributed by atoms with Crippen molar-refractivity contribution in [2.45, 2.75) is 13.5 Å². The quantitative estimate of drug-likeness (QED) is 0.655. The lowest BCUT2D eigenvalue weighted by Crippen LogP contribution is -2.04. The number of benzene rings is 2. The second-order valence-electron chi connectivity index (χ2n) is 4.41. The monoisotopic (exact) mass is 289 g/mol. The minimum absolute atomic E-state index is 0.155. The Morgan fingerprint density at radius 3 is 2.71 bits per heavy atom. The van der Waals surface area contributed by atoms with Gasteiger partial charge in [0.2, 0.25) is 0 Å². The highest BCUT2D eigenvalue weighted by molar-refractivity contribution is 5.80. The van der Waals surface area contributed by atoms with Gasteiger partial charge in [0.1, 0.15) is 18.7 Å². The fourth-order valence-corrected chi connectivity index (χ4v) is 1.91. The number of carbonyl (C=O) groups excluding carboxylic acids is 1. The van der Waals surface area contributed by atoms with Crippen molar-refractivity contribution in [3.8, 4) is 11.5 Å². The van der Waals surface area contributed by atoms with Gasteiger partial charge in [-0.25, -0.2) is 4.39 Å². The number of hydrogen-bond donors (Lipinski definition) is 1. The maximum Gasteiger partial charge on any atom is 0.184 e. The Morgan fingerprint density at radius 1 is 1.24 bits per heavy atom. The van der Waals surface area contributed by atoms with Crippen LogP contribution in [0.25, 0.3) is 0 Å². The number of ether oxygens (including phenoxy) is 2. The number of halogens is 1. The van der Waals surface area contributed by atoms with Crippen LogP contribution in [-0.4, -0.2) is 12.9 Å². The maximum atomic E-state index is 13.1. The zero-order valence-corrected chi connectivity index (χ0v) is 11.6. The summed E-state index contributed by atoms with van der Waals surface area (Å²) in [6, 6.07) is 9.18. The molecule has 0 aliphatic carbocycles. The molecule has 0 saturated carbocycles.